The number of hydrogen-bond donors (Lipinski definition) is 1. The fraction of sp³-hybridized carbons (Fsp3) is 0.222. The van der Waals surface area contributed by atoms with Gasteiger partial charge in [-0.1, -0.05) is 48.5 Å². The topological polar surface area (TPSA) is 90.4 Å². The minimum atomic E-state index is -0.339. The summed E-state index contributed by atoms with van der Waals surface area (Å²) in [6.45, 7) is 4.64. The van der Waals surface area contributed by atoms with Crippen molar-refractivity contribution in [1.29, 1.82) is 0 Å². The van der Waals surface area contributed by atoms with Crippen LogP contribution < -0.4 is 21.0 Å². The third-order valence-corrected chi connectivity index (χ3v) is 6.04. The Morgan fingerprint density at radius 3 is 2.53 bits per heavy atom. The lowest BCUT2D eigenvalue weighted by Crippen LogP contribution is -2.30. The number of rotatable bonds is 5. The van der Waals surface area contributed by atoms with E-state index in [1.165, 1.54) is 0 Å². The molecule has 2 heterocycles. The Labute approximate surface area is 197 Å². The summed E-state index contributed by atoms with van der Waals surface area (Å²) in [6, 6.07) is 20.9. The van der Waals surface area contributed by atoms with E-state index in [1.54, 1.807) is 12.1 Å². The van der Waals surface area contributed by atoms with E-state index in [2.05, 4.69) is 5.10 Å². The summed E-state index contributed by atoms with van der Waals surface area (Å²) in [7, 11) is 0. The van der Waals surface area contributed by atoms with Crippen LogP contribution in [0, 0.1) is 0 Å². The number of nitrogen functional groups attached to an aromatic ring is 1. The molecule has 1 aliphatic rings. The van der Waals surface area contributed by atoms with Crippen LogP contribution in [0.25, 0.3) is 22.0 Å². The standard InChI is InChI=1S/C27H26N4O3/c1-17(2)34-21-12-11-19-13-14-30(24(19)16-21)25(32)15-18-7-9-20(10-8-18)26-22-5-3-4-6-23(22)27(33)31(28)29-26/h3-12,16-17H,13-15,28H2,1-2H3. The molecule has 5 rings (SSSR count). The van der Waals surface area contributed by atoms with Crippen molar-refractivity contribution in [2.24, 2.45) is 0 Å². The van der Waals surface area contributed by atoms with E-state index in [0.717, 1.165) is 44.7 Å². The highest BCUT2D eigenvalue weighted by Gasteiger charge is 2.25. The highest BCUT2D eigenvalue weighted by atomic mass is 16.5. The molecule has 0 saturated heterocycles. The second kappa shape index (κ2) is 8.67. The number of carbonyl (C=O) groups is 1. The Morgan fingerprint density at radius 2 is 1.79 bits per heavy atom. The lowest BCUT2D eigenvalue weighted by Gasteiger charge is -2.19. The molecule has 0 spiro atoms. The van der Waals surface area contributed by atoms with E-state index in [9.17, 15) is 9.59 Å². The molecule has 0 radical (unpaired) electrons. The van der Waals surface area contributed by atoms with E-state index in [0.29, 0.717) is 24.0 Å². The molecule has 0 atom stereocenters. The Hall–Kier alpha value is -4.13. The summed E-state index contributed by atoms with van der Waals surface area (Å²) < 4.78 is 5.81. The van der Waals surface area contributed by atoms with Gasteiger partial charge in [-0.05, 0) is 43.5 Å². The van der Waals surface area contributed by atoms with Gasteiger partial charge in [0.1, 0.15) is 11.4 Å². The van der Waals surface area contributed by atoms with Crippen LogP contribution in [-0.2, 0) is 17.6 Å². The molecule has 2 N–H and O–H groups in total. The van der Waals surface area contributed by atoms with Gasteiger partial charge in [0.05, 0.1) is 23.6 Å². The molecule has 1 amide bonds. The first-order chi connectivity index (χ1) is 16.4. The number of ether oxygens (including phenoxy) is 1. The molecule has 172 valence electrons. The summed E-state index contributed by atoms with van der Waals surface area (Å²) in [5, 5.41) is 5.53. The third kappa shape index (κ3) is 4.01. The number of nitrogens with zero attached hydrogens (tertiary/aromatic N) is 3. The predicted octanol–water partition coefficient (Wildman–Crippen LogP) is 3.70. The van der Waals surface area contributed by atoms with E-state index in [4.69, 9.17) is 10.6 Å². The number of carbonyl (C=O) groups excluding carboxylic acids is 1. The Kier molecular flexibility index (Phi) is 5.53. The van der Waals surface area contributed by atoms with Crippen molar-refractivity contribution in [2.45, 2.75) is 32.8 Å². The summed E-state index contributed by atoms with van der Waals surface area (Å²) in [5.41, 5.74) is 4.11. The number of fused-ring (bicyclic) bond motifs is 2. The van der Waals surface area contributed by atoms with Gasteiger partial charge in [0, 0.05) is 23.6 Å². The van der Waals surface area contributed by atoms with Gasteiger partial charge < -0.3 is 15.5 Å². The van der Waals surface area contributed by atoms with Gasteiger partial charge in [-0.2, -0.15) is 0 Å². The number of benzene rings is 3. The first kappa shape index (κ1) is 21.7. The second-order valence-electron chi connectivity index (χ2n) is 8.77. The van der Waals surface area contributed by atoms with Gasteiger partial charge in [-0.15, -0.1) is 9.89 Å². The van der Waals surface area contributed by atoms with Crippen molar-refractivity contribution in [3.8, 4) is 17.0 Å². The maximum atomic E-state index is 13.1. The molecule has 0 saturated carbocycles. The van der Waals surface area contributed by atoms with Crippen molar-refractivity contribution in [2.75, 3.05) is 17.3 Å². The van der Waals surface area contributed by atoms with Crippen LogP contribution in [0.4, 0.5) is 5.69 Å². The first-order valence-electron chi connectivity index (χ1n) is 11.4. The van der Waals surface area contributed by atoms with Crippen LogP contribution in [0.5, 0.6) is 5.75 Å². The molecule has 0 bridgehead atoms. The Bertz CT molecular complexity index is 1440. The zero-order valence-corrected chi connectivity index (χ0v) is 19.2. The van der Waals surface area contributed by atoms with E-state index in [1.807, 2.05) is 73.3 Å². The number of nitrogens with two attached hydrogens (primary N) is 1. The minimum absolute atomic E-state index is 0.0484. The molecule has 1 aliphatic heterocycles. The van der Waals surface area contributed by atoms with Crippen molar-refractivity contribution in [3.63, 3.8) is 0 Å². The van der Waals surface area contributed by atoms with Gasteiger partial charge in [0.25, 0.3) is 5.56 Å². The molecule has 0 fully saturated rings. The molecule has 34 heavy (non-hydrogen) atoms. The molecule has 3 aromatic carbocycles. The number of aromatic nitrogens is 2. The van der Waals surface area contributed by atoms with Crippen LogP contribution >= 0.6 is 0 Å². The number of hydrogen-bond acceptors (Lipinski definition) is 5. The molecular formula is C27H26N4O3. The van der Waals surface area contributed by atoms with Crippen LogP contribution in [-0.4, -0.2) is 28.4 Å². The molecule has 0 aliphatic carbocycles. The smallest absolute Gasteiger partial charge is 0.293 e. The number of amides is 1. The first-order valence-corrected chi connectivity index (χ1v) is 11.4. The zero-order valence-electron chi connectivity index (χ0n) is 19.2. The molecule has 7 heteroatoms. The van der Waals surface area contributed by atoms with E-state index < -0.39 is 0 Å². The van der Waals surface area contributed by atoms with Crippen molar-refractivity contribution in [1.82, 2.24) is 9.89 Å². The lowest BCUT2D eigenvalue weighted by atomic mass is 10.0. The maximum Gasteiger partial charge on any atom is 0.293 e. The summed E-state index contributed by atoms with van der Waals surface area (Å²) >= 11 is 0. The fourth-order valence-corrected chi connectivity index (χ4v) is 4.43. The average molecular weight is 455 g/mol. The summed E-state index contributed by atoms with van der Waals surface area (Å²) in [6.07, 6.45) is 1.21. The summed E-state index contributed by atoms with van der Waals surface area (Å²) in [5.74, 6) is 6.62. The van der Waals surface area contributed by atoms with Crippen LogP contribution in [0.1, 0.15) is 25.0 Å². The van der Waals surface area contributed by atoms with Crippen molar-refractivity contribution < 1.29 is 9.53 Å². The largest absolute Gasteiger partial charge is 0.491 e. The van der Waals surface area contributed by atoms with Crippen LogP contribution in [0.15, 0.2) is 71.5 Å². The summed E-state index contributed by atoms with van der Waals surface area (Å²) in [4.78, 5) is 28.2. The molecule has 1 aromatic heterocycles. The number of anilines is 1. The normalized spacial score (nSPS) is 12.9. The van der Waals surface area contributed by atoms with Gasteiger partial charge in [-0.3, -0.25) is 9.59 Å². The Morgan fingerprint density at radius 1 is 1.06 bits per heavy atom. The quantitative estimate of drug-likeness (QED) is 0.465. The van der Waals surface area contributed by atoms with Gasteiger partial charge in [-0.25, -0.2) is 0 Å². The van der Waals surface area contributed by atoms with E-state index in [-0.39, 0.29) is 17.6 Å². The molecular weight excluding hydrogens is 428 g/mol. The molecule has 7 nitrogen and oxygen atoms in total. The highest BCUT2D eigenvalue weighted by molar-refractivity contribution is 5.97. The highest BCUT2D eigenvalue weighted by Crippen LogP contribution is 2.33. The predicted molar refractivity (Wildman–Crippen MR) is 134 cm³/mol. The van der Waals surface area contributed by atoms with Crippen LogP contribution in [0.3, 0.4) is 0 Å². The molecule has 4 aromatic rings. The monoisotopic (exact) mass is 454 g/mol. The Balaban J connectivity index is 1.38. The van der Waals surface area contributed by atoms with E-state index >= 15 is 0 Å². The third-order valence-electron chi connectivity index (χ3n) is 6.04. The lowest BCUT2D eigenvalue weighted by molar-refractivity contribution is -0.117. The second-order valence-corrected chi connectivity index (χ2v) is 8.77. The maximum absolute atomic E-state index is 13.1. The SMILES string of the molecule is CC(C)Oc1ccc2c(c1)N(C(=O)Cc1ccc(-c3nn(N)c(=O)c4ccccc34)cc1)CC2. The fourth-order valence-electron chi connectivity index (χ4n) is 4.43. The average Bonchev–Trinajstić information content (AvgIpc) is 3.25. The van der Waals surface area contributed by atoms with Crippen molar-refractivity contribution >= 4 is 22.4 Å². The minimum Gasteiger partial charge on any atom is -0.491 e. The molecule has 0 unspecified atom stereocenters. The van der Waals surface area contributed by atoms with Crippen molar-refractivity contribution in [3.05, 3.63) is 88.2 Å². The van der Waals surface area contributed by atoms with Gasteiger partial charge in [0.15, 0.2) is 0 Å². The van der Waals surface area contributed by atoms with Crippen LogP contribution in [0.2, 0.25) is 0 Å². The van der Waals surface area contributed by atoms with Gasteiger partial charge in [0.2, 0.25) is 5.91 Å². The zero-order chi connectivity index (χ0) is 23.8. The van der Waals surface area contributed by atoms with Gasteiger partial charge >= 0.3 is 0 Å².